The lowest BCUT2D eigenvalue weighted by Gasteiger charge is -2.15. The predicted octanol–water partition coefficient (Wildman–Crippen LogP) is 3.66. The number of nitrogens with zero attached hydrogens (tertiary/aromatic N) is 2. The summed E-state index contributed by atoms with van der Waals surface area (Å²) in [5.74, 6) is -1.51. The van der Waals surface area contributed by atoms with E-state index in [4.69, 9.17) is 11.6 Å². The first-order valence-electron chi connectivity index (χ1n) is 6.00. The maximum Gasteiger partial charge on any atom is 0.340 e. The van der Waals surface area contributed by atoms with Gasteiger partial charge >= 0.3 is 5.97 Å². The van der Waals surface area contributed by atoms with Gasteiger partial charge in [0.05, 0.1) is 11.4 Å². The third-order valence-corrected chi connectivity index (χ3v) is 3.17. The van der Waals surface area contributed by atoms with Gasteiger partial charge in [0.2, 0.25) is 0 Å². The van der Waals surface area contributed by atoms with Crippen molar-refractivity contribution < 1.29 is 14.3 Å². The summed E-state index contributed by atoms with van der Waals surface area (Å²) in [6.07, 6.45) is 0. The summed E-state index contributed by atoms with van der Waals surface area (Å²) in [6.45, 7) is 5.56. The number of carboxylic acids is 1. The van der Waals surface area contributed by atoms with E-state index in [0.717, 1.165) is 0 Å². The second-order valence-corrected chi connectivity index (χ2v) is 5.82. The van der Waals surface area contributed by atoms with Crippen molar-refractivity contribution >= 4 is 17.6 Å². The standard InChI is InChI=1S/C14H14ClFN2O2/c1-14(2,3)11-10(13(19)20)12(15)18(17-11)9-6-4-8(16)5-7-9/h4-7H,1-3H3,(H,19,20). The SMILES string of the molecule is CC(C)(C)c1nn(-c2ccc(F)cc2)c(Cl)c1C(=O)O. The van der Waals surface area contributed by atoms with Gasteiger partial charge in [-0.25, -0.2) is 13.9 Å². The van der Waals surface area contributed by atoms with Crippen molar-refractivity contribution in [3.8, 4) is 5.69 Å². The molecule has 0 fully saturated rings. The molecule has 1 N–H and O–H groups in total. The average Bonchev–Trinajstić information content (AvgIpc) is 2.68. The van der Waals surface area contributed by atoms with E-state index < -0.39 is 11.4 Å². The van der Waals surface area contributed by atoms with Crippen LogP contribution in [0.5, 0.6) is 0 Å². The minimum Gasteiger partial charge on any atom is -0.478 e. The van der Waals surface area contributed by atoms with Crippen molar-refractivity contribution in [1.29, 1.82) is 0 Å². The number of halogens is 2. The molecule has 0 atom stereocenters. The largest absolute Gasteiger partial charge is 0.478 e. The average molecular weight is 297 g/mol. The molecule has 0 radical (unpaired) electrons. The van der Waals surface area contributed by atoms with Crippen LogP contribution in [0.1, 0.15) is 36.8 Å². The molecule has 0 saturated heterocycles. The topological polar surface area (TPSA) is 55.1 Å². The number of hydrogen-bond donors (Lipinski definition) is 1. The van der Waals surface area contributed by atoms with E-state index >= 15 is 0 Å². The van der Waals surface area contributed by atoms with E-state index in [-0.39, 0.29) is 16.5 Å². The Balaban J connectivity index is 2.67. The Morgan fingerprint density at radius 3 is 2.25 bits per heavy atom. The number of benzene rings is 1. The van der Waals surface area contributed by atoms with Gasteiger partial charge in [0.1, 0.15) is 16.5 Å². The highest BCUT2D eigenvalue weighted by atomic mass is 35.5. The number of aromatic carboxylic acids is 1. The molecule has 1 aromatic carbocycles. The van der Waals surface area contributed by atoms with Gasteiger partial charge in [-0.2, -0.15) is 5.10 Å². The highest BCUT2D eigenvalue weighted by Gasteiger charge is 2.30. The number of carboxylic acid groups (broad SMARTS) is 1. The Hall–Kier alpha value is -1.88. The van der Waals surface area contributed by atoms with Crippen LogP contribution in [0.4, 0.5) is 4.39 Å². The summed E-state index contributed by atoms with van der Waals surface area (Å²) < 4.78 is 14.3. The van der Waals surface area contributed by atoms with E-state index in [2.05, 4.69) is 5.10 Å². The highest BCUT2D eigenvalue weighted by molar-refractivity contribution is 6.33. The summed E-state index contributed by atoms with van der Waals surface area (Å²) in [5.41, 5.74) is 0.403. The molecule has 0 aliphatic heterocycles. The van der Waals surface area contributed by atoms with Crippen molar-refractivity contribution in [2.75, 3.05) is 0 Å². The Kier molecular flexibility index (Phi) is 3.56. The number of aromatic nitrogens is 2. The van der Waals surface area contributed by atoms with Gasteiger partial charge in [0, 0.05) is 5.41 Å². The van der Waals surface area contributed by atoms with E-state index in [1.165, 1.54) is 28.9 Å². The lowest BCUT2D eigenvalue weighted by molar-refractivity contribution is 0.0694. The lowest BCUT2D eigenvalue weighted by atomic mass is 9.89. The van der Waals surface area contributed by atoms with Gasteiger partial charge in [-0.15, -0.1) is 0 Å². The summed E-state index contributed by atoms with van der Waals surface area (Å²) >= 11 is 6.13. The van der Waals surface area contributed by atoms with Crippen molar-refractivity contribution in [2.24, 2.45) is 0 Å². The van der Waals surface area contributed by atoms with E-state index in [9.17, 15) is 14.3 Å². The zero-order valence-corrected chi connectivity index (χ0v) is 12.1. The van der Waals surface area contributed by atoms with Gasteiger partial charge in [-0.1, -0.05) is 32.4 Å². The first-order chi connectivity index (χ1) is 9.21. The molecule has 106 valence electrons. The fraction of sp³-hybridized carbons (Fsp3) is 0.286. The summed E-state index contributed by atoms with van der Waals surface area (Å²) in [5, 5.41) is 13.6. The fourth-order valence-corrected chi connectivity index (χ4v) is 2.17. The van der Waals surface area contributed by atoms with Crippen LogP contribution in [0.25, 0.3) is 5.69 Å². The molecule has 0 saturated carbocycles. The van der Waals surface area contributed by atoms with E-state index in [0.29, 0.717) is 11.4 Å². The number of hydrogen-bond acceptors (Lipinski definition) is 2. The molecule has 0 spiro atoms. The van der Waals surface area contributed by atoms with Crippen LogP contribution < -0.4 is 0 Å². The molecule has 20 heavy (non-hydrogen) atoms. The molecule has 4 nitrogen and oxygen atoms in total. The van der Waals surface area contributed by atoms with Crippen molar-refractivity contribution in [3.63, 3.8) is 0 Å². The zero-order valence-electron chi connectivity index (χ0n) is 11.3. The molecule has 0 aliphatic rings. The van der Waals surface area contributed by atoms with Crippen LogP contribution in [0.2, 0.25) is 5.15 Å². The molecule has 2 rings (SSSR count). The third-order valence-electron chi connectivity index (χ3n) is 2.82. The number of carbonyl (C=O) groups is 1. The summed E-state index contributed by atoms with van der Waals surface area (Å²) in [6, 6.07) is 5.52. The van der Waals surface area contributed by atoms with Crippen LogP contribution in [0, 0.1) is 5.82 Å². The van der Waals surface area contributed by atoms with Crippen LogP contribution in [0.3, 0.4) is 0 Å². The molecule has 1 aromatic heterocycles. The fourth-order valence-electron chi connectivity index (χ4n) is 1.87. The molecule has 0 amide bonds. The third kappa shape index (κ3) is 2.54. The molecule has 0 bridgehead atoms. The van der Waals surface area contributed by atoms with Crippen molar-refractivity contribution in [2.45, 2.75) is 26.2 Å². The maximum absolute atomic E-state index is 12.9. The Bertz CT molecular complexity index is 657. The highest BCUT2D eigenvalue weighted by Crippen LogP contribution is 2.31. The van der Waals surface area contributed by atoms with E-state index in [1.54, 1.807) is 0 Å². The minimum atomic E-state index is -1.13. The summed E-state index contributed by atoms with van der Waals surface area (Å²) in [7, 11) is 0. The molecule has 0 unspecified atom stereocenters. The molecular weight excluding hydrogens is 283 g/mol. The predicted molar refractivity (Wildman–Crippen MR) is 74.2 cm³/mol. The first kappa shape index (κ1) is 14.5. The maximum atomic E-state index is 12.9. The second kappa shape index (κ2) is 4.90. The van der Waals surface area contributed by atoms with Crippen molar-refractivity contribution in [3.05, 3.63) is 46.5 Å². The van der Waals surface area contributed by atoms with Crippen molar-refractivity contribution in [1.82, 2.24) is 9.78 Å². The molecule has 2 aromatic rings. The Morgan fingerprint density at radius 1 is 1.30 bits per heavy atom. The molecular formula is C14H14ClFN2O2. The monoisotopic (exact) mass is 296 g/mol. The minimum absolute atomic E-state index is 0.00836. The number of rotatable bonds is 2. The summed E-state index contributed by atoms with van der Waals surface area (Å²) in [4.78, 5) is 11.4. The quantitative estimate of drug-likeness (QED) is 0.920. The van der Waals surface area contributed by atoms with Gasteiger partial charge < -0.3 is 5.11 Å². The normalized spacial score (nSPS) is 11.7. The first-order valence-corrected chi connectivity index (χ1v) is 6.38. The molecule has 0 aliphatic carbocycles. The van der Waals surface area contributed by atoms with Gasteiger partial charge in [0.15, 0.2) is 0 Å². The second-order valence-electron chi connectivity index (χ2n) is 5.46. The van der Waals surface area contributed by atoms with Crippen LogP contribution in [0.15, 0.2) is 24.3 Å². The van der Waals surface area contributed by atoms with Gasteiger partial charge in [-0.05, 0) is 24.3 Å². The molecule has 1 heterocycles. The van der Waals surface area contributed by atoms with Crippen LogP contribution in [-0.4, -0.2) is 20.9 Å². The smallest absolute Gasteiger partial charge is 0.340 e. The van der Waals surface area contributed by atoms with E-state index in [1.807, 2.05) is 20.8 Å². The molecule has 6 heteroatoms. The Morgan fingerprint density at radius 2 is 1.85 bits per heavy atom. The van der Waals surface area contributed by atoms with Crippen LogP contribution in [-0.2, 0) is 5.41 Å². The van der Waals surface area contributed by atoms with Crippen LogP contribution >= 0.6 is 11.6 Å². The zero-order chi connectivity index (χ0) is 15.1. The lowest BCUT2D eigenvalue weighted by Crippen LogP contribution is -2.16. The van der Waals surface area contributed by atoms with Gasteiger partial charge in [-0.3, -0.25) is 0 Å². The Labute approximate surface area is 120 Å². The van der Waals surface area contributed by atoms with Gasteiger partial charge in [0.25, 0.3) is 0 Å².